The van der Waals surface area contributed by atoms with Crippen molar-refractivity contribution < 1.29 is 34.2 Å². The van der Waals surface area contributed by atoms with Gasteiger partial charge < -0.3 is 25.3 Å². The SMILES string of the molecule is C=C1C=CC(=O)N1CCNC(=O)CON=C1CC(C(=O)O)(C(=O)O)C1. The number of carboxylic acids is 2. The summed E-state index contributed by atoms with van der Waals surface area (Å²) in [5, 5.41) is 24.0. The van der Waals surface area contributed by atoms with Crippen LogP contribution in [0.25, 0.3) is 0 Å². The molecule has 2 aliphatic rings. The second-order valence-corrected chi connectivity index (χ2v) is 5.64. The number of carbonyl (C=O) groups is 4. The highest BCUT2D eigenvalue weighted by Gasteiger charge is 2.56. The average molecular weight is 351 g/mol. The first-order valence-electron chi connectivity index (χ1n) is 7.36. The summed E-state index contributed by atoms with van der Waals surface area (Å²) >= 11 is 0. The number of allylic oxidation sites excluding steroid dienone is 1. The molecule has 0 radical (unpaired) electrons. The number of hydrogen-bond donors (Lipinski definition) is 3. The molecule has 1 fully saturated rings. The van der Waals surface area contributed by atoms with Crippen molar-refractivity contribution in [2.75, 3.05) is 19.7 Å². The summed E-state index contributed by atoms with van der Waals surface area (Å²) in [4.78, 5) is 51.2. The Balaban J connectivity index is 1.66. The van der Waals surface area contributed by atoms with Crippen molar-refractivity contribution in [3.05, 3.63) is 24.4 Å². The number of nitrogens with zero attached hydrogens (tertiary/aromatic N) is 2. The molecule has 10 nitrogen and oxygen atoms in total. The standard InChI is InChI=1S/C15H17N3O7/c1-9-2-3-12(20)18(9)5-4-16-11(19)8-25-17-10-6-15(7-10,13(21)22)14(23)24/h2-3H,1,4-8H2,(H,16,19)(H,21,22)(H,23,24). The van der Waals surface area contributed by atoms with E-state index in [0.717, 1.165) is 0 Å². The van der Waals surface area contributed by atoms with E-state index in [1.165, 1.54) is 11.0 Å². The highest BCUT2D eigenvalue weighted by atomic mass is 16.6. The van der Waals surface area contributed by atoms with Gasteiger partial charge in [0.1, 0.15) is 0 Å². The zero-order chi connectivity index (χ0) is 18.6. The third kappa shape index (κ3) is 3.84. The summed E-state index contributed by atoms with van der Waals surface area (Å²) < 4.78 is 0. The van der Waals surface area contributed by atoms with Gasteiger partial charge in [0.05, 0.1) is 5.71 Å². The maximum absolute atomic E-state index is 11.6. The second-order valence-electron chi connectivity index (χ2n) is 5.64. The largest absolute Gasteiger partial charge is 0.480 e. The van der Waals surface area contributed by atoms with Crippen LogP contribution in [0.15, 0.2) is 29.6 Å². The van der Waals surface area contributed by atoms with Crippen LogP contribution in [-0.4, -0.2) is 64.3 Å². The van der Waals surface area contributed by atoms with Crippen LogP contribution in [-0.2, 0) is 24.0 Å². The first-order valence-corrected chi connectivity index (χ1v) is 7.36. The van der Waals surface area contributed by atoms with Crippen LogP contribution in [0, 0.1) is 5.41 Å². The van der Waals surface area contributed by atoms with E-state index in [1.54, 1.807) is 6.08 Å². The van der Waals surface area contributed by atoms with Crippen molar-refractivity contribution in [1.82, 2.24) is 10.2 Å². The maximum atomic E-state index is 11.6. The smallest absolute Gasteiger partial charge is 0.321 e. The minimum atomic E-state index is -1.86. The van der Waals surface area contributed by atoms with Crippen molar-refractivity contribution in [2.45, 2.75) is 12.8 Å². The monoisotopic (exact) mass is 351 g/mol. The molecule has 0 aromatic carbocycles. The van der Waals surface area contributed by atoms with E-state index in [-0.39, 0.29) is 37.6 Å². The van der Waals surface area contributed by atoms with Crippen LogP contribution in [0.3, 0.4) is 0 Å². The maximum Gasteiger partial charge on any atom is 0.321 e. The van der Waals surface area contributed by atoms with Gasteiger partial charge in [-0.25, -0.2) is 0 Å². The van der Waals surface area contributed by atoms with Gasteiger partial charge >= 0.3 is 11.9 Å². The molecule has 0 saturated heterocycles. The van der Waals surface area contributed by atoms with E-state index in [4.69, 9.17) is 15.1 Å². The fourth-order valence-electron chi connectivity index (χ4n) is 2.39. The van der Waals surface area contributed by atoms with Crippen molar-refractivity contribution in [1.29, 1.82) is 0 Å². The summed E-state index contributed by atoms with van der Waals surface area (Å²) in [7, 11) is 0. The summed E-state index contributed by atoms with van der Waals surface area (Å²) in [6.07, 6.45) is 2.45. The zero-order valence-electron chi connectivity index (χ0n) is 13.2. The van der Waals surface area contributed by atoms with Gasteiger partial charge in [-0.1, -0.05) is 11.7 Å². The lowest BCUT2D eigenvalue weighted by molar-refractivity contribution is -0.165. The summed E-state index contributed by atoms with van der Waals surface area (Å²) in [5.74, 6) is -3.53. The van der Waals surface area contributed by atoms with Crippen molar-refractivity contribution in [3.63, 3.8) is 0 Å². The van der Waals surface area contributed by atoms with Gasteiger partial charge in [-0.05, 0) is 6.08 Å². The quantitative estimate of drug-likeness (QED) is 0.388. The minimum absolute atomic E-state index is 0.201. The van der Waals surface area contributed by atoms with Gasteiger partial charge in [-0.3, -0.25) is 19.2 Å². The molecule has 0 spiro atoms. The van der Waals surface area contributed by atoms with Crippen LogP contribution in [0.2, 0.25) is 0 Å². The molecule has 0 aromatic rings. The number of carboxylic acid groups (broad SMARTS) is 2. The molecule has 1 saturated carbocycles. The molecule has 2 amide bonds. The first kappa shape index (κ1) is 18.2. The molecule has 25 heavy (non-hydrogen) atoms. The number of hydrogen-bond acceptors (Lipinski definition) is 6. The molecule has 134 valence electrons. The molecule has 1 aliphatic heterocycles. The minimum Gasteiger partial charge on any atom is -0.480 e. The lowest BCUT2D eigenvalue weighted by Crippen LogP contribution is -2.50. The van der Waals surface area contributed by atoms with E-state index in [1.807, 2.05) is 0 Å². The molecule has 0 unspecified atom stereocenters. The van der Waals surface area contributed by atoms with Gasteiger partial charge in [-0.2, -0.15) is 0 Å². The number of amides is 2. The van der Waals surface area contributed by atoms with Gasteiger partial charge in [0.15, 0.2) is 12.0 Å². The predicted octanol–water partition coefficient (Wildman–Crippen LogP) is -0.663. The van der Waals surface area contributed by atoms with Crippen LogP contribution in [0.4, 0.5) is 0 Å². The number of nitrogens with one attached hydrogen (secondary N) is 1. The highest BCUT2D eigenvalue weighted by molar-refractivity contribution is 6.12. The van der Waals surface area contributed by atoms with E-state index in [9.17, 15) is 19.2 Å². The summed E-state index contributed by atoms with van der Waals surface area (Å²) in [6, 6.07) is 0. The Morgan fingerprint density at radius 2 is 1.92 bits per heavy atom. The lowest BCUT2D eigenvalue weighted by atomic mass is 9.67. The van der Waals surface area contributed by atoms with Crippen molar-refractivity contribution in [3.8, 4) is 0 Å². The van der Waals surface area contributed by atoms with Crippen molar-refractivity contribution in [2.24, 2.45) is 10.6 Å². The van der Waals surface area contributed by atoms with Crippen LogP contribution in [0.1, 0.15) is 12.8 Å². The Hall–Kier alpha value is -3.17. The van der Waals surface area contributed by atoms with Gasteiger partial charge in [0, 0.05) is 37.7 Å². The van der Waals surface area contributed by atoms with Crippen LogP contribution >= 0.6 is 0 Å². The van der Waals surface area contributed by atoms with Crippen LogP contribution in [0.5, 0.6) is 0 Å². The first-order chi connectivity index (χ1) is 11.8. The predicted molar refractivity (Wildman–Crippen MR) is 83.3 cm³/mol. The molecule has 2 rings (SSSR count). The molecule has 3 N–H and O–H groups in total. The van der Waals surface area contributed by atoms with E-state index < -0.39 is 29.9 Å². The Kier molecular flexibility index (Phi) is 5.20. The van der Waals surface area contributed by atoms with Crippen LogP contribution < -0.4 is 5.32 Å². The normalized spacial score (nSPS) is 17.9. The number of rotatable bonds is 8. The molecule has 1 heterocycles. The Bertz CT molecular complexity index is 653. The molecule has 1 aliphatic carbocycles. The summed E-state index contributed by atoms with van der Waals surface area (Å²) in [6.45, 7) is 3.75. The Labute approximate surface area is 142 Å². The lowest BCUT2D eigenvalue weighted by Gasteiger charge is -2.33. The summed E-state index contributed by atoms with van der Waals surface area (Å²) in [5.41, 5.74) is -1.04. The third-order valence-electron chi connectivity index (χ3n) is 3.91. The van der Waals surface area contributed by atoms with E-state index in [0.29, 0.717) is 5.70 Å². The van der Waals surface area contributed by atoms with E-state index in [2.05, 4.69) is 17.1 Å². The number of oxime groups is 1. The highest BCUT2D eigenvalue weighted by Crippen LogP contribution is 2.39. The van der Waals surface area contributed by atoms with Gasteiger partial charge in [-0.15, -0.1) is 0 Å². The second kappa shape index (κ2) is 7.16. The van der Waals surface area contributed by atoms with Gasteiger partial charge in [0.2, 0.25) is 0 Å². The fraction of sp³-hybridized carbons (Fsp3) is 0.400. The fourth-order valence-corrected chi connectivity index (χ4v) is 2.39. The molecule has 0 aromatic heterocycles. The zero-order valence-corrected chi connectivity index (χ0v) is 13.2. The third-order valence-corrected chi connectivity index (χ3v) is 3.91. The number of carbonyl (C=O) groups excluding carboxylic acids is 2. The molecular formula is C15H17N3O7. The topological polar surface area (TPSA) is 146 Å². The molecular weight excluding hydrogens is 334 g/mol. The van der Waals surface area contributed by atoms with Gasteiger partial charge in [0.25, 0.3) is 11.8 Å². The van der Waals surface area contributed by atoms with Crippen molar-refractivity contribution >= 4 is 29.5 Å². The average Bonchev–Trinajstić information content (AvgIpc) is 2.80. The molecule has 0 bridgehead atoms. The Morgan fingerprint density at radius 3 is 2.44 bits per heavy atom. The van der Waals surface area contributed by atoms with E-state index >= 15 is 0 Å². The molecule has 10 heteroatoms. The number of aliphatic carboxylic acids is 2. The Morgan fingerprint density at radius 1 is 1.28 bits per heavy atom. The molecule has 0 atom stereocenters.